The van der Waals surface area contributed by atoms with Crippen LogP contribution in [0.25, 0.3) is 10.9 Å². The standard InChI is InChI=1S/C22H20N4O2S/c1-15-8-10-17(27)13-21(15)25-22-19-12-16(9-11-20(19)23-14-24-22)26-29(2,28)18-6-4-3-5-7-18/h3-14,27H,1-2H3,(H,23,24,25). The number of fused-ring (bicyclic) bond motifs is 1. The van der Waals surface area contributed by atoms with E-state index in [4.69, 9.17) is 0 Å². The van der Waals surface area contributed by atoms with Crippen LogP contribution in [0.4, 0.5) is 17.2 Å². The molecule has 0 spiro atoms. The molecule has 0 aliphatic carbocycles. The summed E-state index contributed by atoms with van der Waals surface area (Å²) < 4.78 is 17.6. The fraction of sp³-hybridized carbons (Fsp3) is 0.0909. The van der Waals surface area contributed by atoms with Crippen LogP contribution < -0.4 is 5.32 Å². The zero-order chi connectivity index (χ0) is 20.4. The highest BCUT2D eigenvalue weighted by Gasteiger charge is 2.10. The first-order valence-electron chi connectivity index (χ1n) is 9.01. The van der Waals surface area contributed by atoms with Crippen molar-refractivity contribution in [1.29, 1.82) is 0 Å². The monoisotopic (exact) mass is 404 g/mol. The van der Waals surface area contributed by atoms with Crippen molar-refractivity contribution in [2.75, 3.05) is 11.6 Å². The van der Waals surface area contributed by atoms with Gasteiger partial charge in [0.05, 0.1) is 20.9 Å². The van der Waals surface area contributed by atoms with Crippen molar-refractivity contribution >= 4 is 37.8 Å². The summed E-state index contributed by atoms with van der Waals surface area (Å²) >= 11 is 0. The van der Waals surface area contributed by atoms with Gasteiger partial charge >= 0.3 is 0 Å². The average molecular weight is 404 g/mol. The van der Waals surface area contributed by atoms with Crippen LogP contribution in [0.2, 0.25) is 0 Å². The van der Waals surface area contributed by atoms with Crippen molar-refractivity contribution in [2.45, 2.75) is 11.8 Å². The highest BCUT2D eigenvalue weighted by Crippen LogP contribution is 2.30. The van der Waals surface area contributed by atoms with Gasteiger partial charge in [0.2, 0.25) is 0 Å². The Labute approximate surface area is 169 Å². The van der Waals surface area contributed by atoms with E-state index in [1.54, 1.807) is 24.5 Å². The first-order chi connectivity index (χ1) is 13.9. The molecule has 7 heteroatoms. The van der Waals surface area contributed by atoms with Crippen LogP contribution in [-0.4, -0.2) is 25.5 Å². The summed E-state index contributed by atoms with van der Waals surface area (Å²) in [5.74, 6) is 0.754. The minimum Gasteiger partial charge on any atom is -0.508 e. The molecule has 29 heavy (non-hydrogen) atoms. The molecule has 0 fully saturated rings. The van der Waals surface area contributed by atoms with Gasteiger partial charge in [-0.15, -0.1) is 0 Å². The molecule has 4 aromatic rings. The second-order valence-electron chi connectivity index (χ2n) is 6.75. The highest BCUT2D eigenvalue weighted by atomic mass is 32.2. The number of nitrogens with one attached hydrogen (secondary N) is 1. The molecule has 1 unspecified atom stereocenters. The molecule has 6 nitrogen and oxygen atoms in total. The van der Waals surface area contributed by atoms with E-state index in [0.29, 0.717) is 16.4 Å². The molecule has 0 aliphatic rings. The summed E-state index contributed by atoms with van der Waals surface area (Å²) in [6, 6.07) is 19.8. The van der Waals surface area contributed by atoms with Crippen molar-refractivity contribution in [2.24, 2.45) is 4.36 Å². The van der Waals surface area contributed by atoms with Gasteiger partial charge in [-0.25, -0.2) is 14.2 Å². The molecule has 0 radical (unpaired) electrons. The van der Waals surface area contributed by atoms with Crippen molar-refractivity contribution in [3.8, 4) is 5.75 Å². The fourth-order valence-electron chi connectivity index (χ4n) is 3.00. The summed E-state index contributed by atoms with van der Waals surface area (Å²) in [7, 11) is -2.59. The molecule has 4 rings (SSSR count). The maximum absolute atomic E-state index is 13.1. The Balaban J connectivity index is 1.80. The molecule has 1 heterocycles. The lowest BCUT2D eigenvalue weighted by atomic mass is 10.1. The van der Waals surface area contributed by atoms with Crippen LogP contribution in [-0.2, 0) is 9.73 Å². The molecule has 3 aromatic carbocycles. The first kappa shape index (κ1) is 18.9. The SMILES string of the molecule is Cc1ccc(O)cc1Nc1ncnc2ccc(N=S(C)(=O)c3ccccc3)cc12. The third kappa shape index (κ3) is 4.05. The van der Waals surface area contributed by atoms with Crippen LogP contribution >= 0.6 is 0 Å². The minimum atomic E-state index is -2.59. The Hall–Kier alpha value is -3.45. The van der Waals surface area contributed by atoms with E-state index < -0.39 is 9.73 Å². The lowest BCUT2D eigenvalue weighted by Crippen LogP contribution is -1.98. The summed E-state index contributed by atoms with van der Waals surface area (Å²) in [6.07, 6.45) is 3.11. The Bertz CT molecular complexity index is 1310. The number of hydrogen-bond donors (Lipinski definition) is 2. The summed E-state index contributed by atoms with van der Waals surface area (Å²) in [6.45, 7) is 1.94. The van der Waals surface area contributed by atoms with E-state index in [1.807, 2.05) is 55.5 Å². The zero-order valence-electron chi connectivity index (χ0n) is 16.0. The maximum atomic E-state index is 13.1. The Morgan fingerprint density at radius 1 is 1.00 bits per heavy atom. The van der Waals surface area contributed by atoms with Gasteiger partial charge in [0, 0.05) is 28.3 Å². The minimum absolute atomic E-state index is 0.167. The molecule has 0 saturated carbocycles. The number of phenols is 1. The Morgan fingerprint density at radius 2 is 1.79 bits per heavy atom. The largest absolute Gasteiger partial charge is 0.508 e. The Morgan fingerprint density at radius 3 is 2.59 bits per heavy atom. The van der Waals surface area contributed by atoms with Gasteiger partial charge in [-0.3, -0.25) is 0 Å². The van der Waals surface area contributed by atoms with Gasteiger partial charge in [-0.2, -0.15) is 4.36 Å². The predicted octanol–water partition coefficient (Wildman–Crippen LogP) is 5.18. The molecule has 1 atom stereocenters. The highest BCUT2D eigenvalue weighted by molar-refractivity contribution is 7.93. The number of aromatic hydroxyl groups is 1. The van der Waals surface area contributed by atoms with Crippen LogP contribution in [0.3, 0.4) is 0 Å². The molecule has 1 aromatic heterocycles. The van der Waals surface area contributed by atoms with E-state index in [1.165, 1.54) is 6.33 Å². The first-order valence-corrected chi connectivity index (χ1v) is 10.9. The number of hydrogen-bond acceptors (Lipinski definition) is 6. The third-order valence-corrected chi connectivity index (χ3v) is 6.26. The van der Waals surface area contributed by atoms with Gasteiger partial charge in [-0.05, 0) is 48.9 Å². The number of benzene rings is 3. The topological polar surface area (TPSA) is 87.5 Å². The number of aromatic nitrogens is 2. The predicted molar refractivity (Wildman–Crippen MR) is 117 cm³/mol. The van der Waals surface area contributed by atoms with Crippen molar-refractivity contribution in [3.05, 3.63) is 78.6 Å². The quantitative estimate of drug-likeness (QED) is 0.490. The molecular weight excluding hydrogens is 384 g/mol. The Kier molecular flexibility index (Phi) is 4.90. The lowest BCUT2D eigenvalue weighted by molar-refractivity contribution is 0.475. The smallest absolute Gasteiger partial charge is 0.141 e. The fourth-order valence-corrected chi connectivity index (χ4v) is 4.28. The van der Waals surface area contributed by atoms with E-state index >= 15 is 0 Å². The van der Waals surface area contributed by atoms with Crippen LogP contribution in [0, 0.1) is 6.92 Å². The lowest BCUT2D eigenvalue weighted by Gasteiger charge is -2.11. The van der Waals surface area contributed by atoms with Gasteiger partial charge < -0.3 is 10.4 Å². The van der Waals surface area contributed by atoms with Gasteiger partial charge in [0.25, 0.3) is 0 Å². The number of anilines is 2. The maximum Gasteiger partial charge on any atom is 0.141 e. The van der Waals surface area contributed by atoms with E-state index in [2.05, 4.69) is 19.6 Å². The number of aryl methyl sites for hydroxylation is 1. The van der Waals surface area contributed by atoms with Crippen molar-refractivity contribution < 1.29 is 9.32 Å². The van der Waals surface area contributed by atoms with Gasteiger partial charge in [-0.1, -0.05) is 24.3 Å². The van der Waals surface area contributed by atoms with Crippen molar-refractivity contribution in [3.63, 3.8) is 0 Å². The zero-order valence-corrected chi connectivity index (χ0v) is 16.9. The summed E-state index contributed by atoms with van der Waals surface area (Å²) in [5, 5.41) is 13.8. The normalized spacial score (nSPS) is 13.0. The molecule has 2 N–H and O–H groups in total. The summed E-state index contributed by atoms with van der Waals surface area (Å²) in [5.41, 5.74) is 3.04. The molecule has 0 aliphatic heterocycles. The van der Waals surface area contributed by atoms with E-state index in [-0.39, 0.29) is 5.75 Å². The number of rotatable bonds is 4. The second kappa shape index (κ2) is 7.52. The van der Waals surface area contributed by atoms with Crippen LogP contribution in [0.15, 0.2) is 82.3 Å². The number of nitrogens with zero attached hydrogens (tertiary/aromatic N) is 3. The second-order valence-corrected chi connectivity index (χ2v) is 9.01. The van der Waals surface area contributed by atoms with Gasteiger partial charge in [0.1, 0.15) is 17.9 Å². The van der Waals surface area contributed by atoms with Crippen LogP contribution in [0.5, 0.6) is 5.75 Å². The summed E-state index contributed by atoms with van der Waals surface area (Å²) in [4.78, 5) is 9.34. The molecule has 146 valence electrons. The molecule has 0 saturated heterocycles. The molecule has 0 bridgehead atoms. The number of phenolic OH excluding ortho intramolecular Hbond substituents is 1. The van der Waals surface area contributed by atoms with Crippen LogP contribution in [0.1, 0.15) is 5.56 Å². The third-order valence-electron chi connectivity index (χ3n) is 4.55. The van der Waals surface area contributed by atoms with E-state index in [0.717, 1.165) is 22.2 Å². The van der Waals surface area contributed by atoms with Gasteiger partial charge in [0.15, 0.2) is 0 Å². The molecular formula is C22H20N4O2S. The molecule has 0 amide bonds. The van der Waals surface area contributed by atoms with E-state index in [9.17, 15) is 9.32 Å². The van der Waals surface area contributed by atoms with Crippen molar-refractivity contribution in [1.82, 2.24) is 9.97 Å². The average Bonchev–Trinajstić information content (AvgIpc) is 2.71.